The van der Waals surface area contributed by atoms with Crippen LogP contribution in [-0.2, 0) is 0 Å². The lowest BCUT2D eigenvalue weighted by atomic mass is 10.1. The maximum Gasteiger partial charge on any atom is 0.256 e. The van der Waals surface area contributed by atoms with Crippen LogP contribution in [0.5, 0.6) is 0 Å². The van der Waals surface area contributed by atoms with Gasteiger partial charge in [-0.3, -0.25) is 4.79 Å². The minimum Gasteiger partial charge on any atom is -0.339 e. The number of hydrogen-bond donors (Lipinski definition) is 1. The first kappa shape index (κ1) is 14.5. The average molecular weight is 329 g/mol. The largest absolute Gasteiger partial charge is 0.339 e. The topological polar surface area (TPSA) is 32.3 Å². The van der Waals surface area contributed by atoms with Crippen LogP contribution < -0.4 is 5.32 Å². The summed E-state index contributed by atoms with van der Waals surface area (Å²) in [6.07, 6.45) is 2.92. The molecule has 1 atom stereocenters. The van der Waals surface area contributed by atoms with E-state index < -0.39 is 5.82 Å². The van der Waals surface area contributed by atoms with Gasteiger partial charge in [0.15, 0.2) is 0 Å². The Morgan fingerprint density at radius 3 is 3.00 bits per heavy atom. The predicted octanol–water partition coefficient (Wildman–Crippen LogP) is 2.80. The van der Waals surface area contributed by atoms with Crippen LogP contribution in [0.1, 0.15) is 29.6 Å². The molecule has 3 nitrogen and oxygen atoms in total. The molecule has 1 aliphatic heterocycles. The number of carbonyl (C=O) groups excluding carboxylic acids is 1. The fourth-order valence-electron chi connectivity index (χ4n) is 2.41. The number of benzene rings is 1. The fraction of sp³-hybridized carbons (Fsp3) is 0.500. The minimum atomic E-state index is -0.466. The van der Waals surface area contributed by atoms with Crippen molar-refractivity contribution in [3.05, 3.63) is 34.1 Å². The Kier molecular flexibility index (Phi) is 4.93. The number of halogens is 2. The van der Waals surface area contributed by atoms with Crippen LogP contribution in [0.15, 0.2) is 22.7 Å². The Bertz CT molecular complexity index is 459. The number of nitrogens with one attached hydrogen (secondary N) is 1. The van der Waals surface area contributed by atoms with E-state index in [1.165, 1.54) is 6.07 Å². The molecule has 19 heavy (non-hydrogen) atoms. The van der Waals surface area contributed by atoms with Gasteiger partial charge in [-0.1, -0.05) is 15.9 Å². The maximum atomic E-state index is 13.7. The molecule has 104 valence electrons. The Balaban J connectivity index is 2.15. The second-order valence-electron chi connectivity index (χ2n) is 4.87. The average Bonchev–Trinajstić information content (AvgIpc) is 2.69. The maximum absolute atomic E-state index is 13.7. The lowest BCUT2D eigenvalue weighted by molar-refractivity contribution is 0.0715. The molecule has 1 amide bonds. The van der Waals surface area contributed by atoms with Gasteiger partial charge in [0.1, 0.15) is 5.82 Å². The van der Waals surface area contributed by atoms with Gasteiger partial charge in [0.05, 0.1) is 5.56 Å². The first-order valence-corrected chi connectivity index (χ1v) is 7.32. The molecule has 0 aromatic heterocycles. The minimum absolute atomic E-state index is 0.133. The van der Waals surface area contributed by atoms with E-state index in [0.29, 0.717) is 4.47 Å². The third kappa shape index (κ3) is 3.54. The Morgan fingerprint density at radius 2 is 2.21 bits per heavy atom. The van der Waals surface area contributed by atoms with E-state index in [1.807, 2.05) is 0 Å². The first-order chi connectivity index (χ1) is 9.09. The SMILES string of the molecule is CN(C(=O)c1cc(Br)ccc1F)C1CCCNCC1. The molecule has 1 N–H and O–H groups in total. The van der Waals surface area contributed by atoms with Crippen molar-refractivity contribution in [1.29, 1.82) is 0 Å². The highest BCUT2D eigenvalue weighted by Gasteiger charge is 2.24. The van der Waals surface area contributed by atoms with Crippen LogP contribution in [-0.4, -0.2) is 37.0 Å². The molecular formula is C14H18BrFN2O. The lowest BCUT2D eigenvalue weighted by Gasteiger charge is -2.27. The van der Waals surface area contributed by atoms with Crippen LogP contribution in [0.2, 0.25) is 0 Å². The summed E-state index contributed by atoms with van der Waals surface area (Å²) in [5, 5.41) is 3.31. The van der Waals surface area contributed by atoms with Crippen LogP contribution in [0, 0.1) is 5.82 Å². The summed E-state index contributed by atoms with van der Waals surface area (Å²) >= 11 is 3.27. The number of rotatable bonds is 2. The zero-order valence-corrected chi connectivity index (χ0v) is 12.5. The molecule has 1 saturated heterocycles. The molecule has 1 heterocycles. The third-order valence-electron chi connectivity index (χ3n) is 3.57. The molecule has 0 spiro atoms. The van der Waals surface area contributed by atoms with Crippen molar-refractivity contribution in [3.63, 3.8) is 0 Å². The summed E-state index contributed by atoms with van der Waals surface area (Å²) in [5.41, 5.74) is 0.133. The van der Waals surface area contributed by atoms with Crippen molar-refractivity contribution >= 4 is 21.8 Å². The molecule has 1 aliphatic rings. The Morgan fingerprint density at radius 1 is 1.42 bits per heavy atom. The third-order valence-corrected chi connectivity index (χ3v) is 4.07. The molecule has 1 fully saturated rings. The van der Waals surface area contributed by atoms with Gasteiger partial charge in [-0.05, 0) is 50.6 Å². The lowest BCUT2D eigenvalue weighted by Crippen LogP contribution is -2.38. The number of hydrogen-bond acceptors (Lipinski definition) is 2. The van der Waals surface area contributed by atoms with E-state index in [1.54, 1.807) is 24.1 Å². The van der Waals surface area contributed by atoms with Gasteiger partial charge < -0.3 is 10.2 Å². The predicted molar refractivity (Wildman–Crippen MR) is 76.7 cm³/mol. The molecule has 1 aromatic rings. The molecular weight excluding hydrogens is 311 g/mol. The first-order valence-electron chi connectivity index (χ1n) is 6.52. The van der Waals surface area contributed by atoms with E-state index in [0.717, 1.165) is 32.4 Å². The molecule has 0 aliphatic carbocycles. The molecule has 0 bridgehead atoms. The van der Waals surface area contributed by atoms with Crippen molar-refractivity contribution in [2.45, 2.75) is 25.3 Å². The summed E-state index contributed by atoms with van der Waals surface area (Å²) in [4.78, 5) is 14.1. The normalized spacial score (nSPS) is 19.8. The summed E-state index contributed by atoms with van der Waals surface area (Å²) in [7, 11) is 1.76. The monoisotopic (exact) mass is 328 g/mol. The van der Waals surface area contributed by atoms with E-state index >= 15 is 0 Å². The van der Waals surface area contributed by atoms with Crippen molar-refractivity contribution in [2.75, 3.05) is 20.1 Å². The van der Waals surface area contributed by atoms with E-state index in [-0.39, 0.29) is 17.5 Å². The Hall–Kier alpha value is -0.940. The van der Waals surface area contributed by atoms with Crippen molar-refractivity contribution in [1.82, 2.24) is 10.2 Å². The van der Waals surface area contributed by atoms with Gasteiger partial charge in [-0.25, -0.2) is 4.39 Å². The van der Waals surface area contributed by atoms with Gasteiger partial charge in [-0.15, -0.1) is 0 Å². The fourth-order valence-corrected chi connectivity index (χ4v) is 2.77. The molecule has 2 rings (SSSR count). The second kappa shape index (κ2) is 6.48. The van der Waals surface area contributed by atoms with Crippen LogP contribution in [0.3, 0.4) is 0 Å². The van der Waals surface area contributed by atoms with Crippen LogP contribution in [0.25, 0.3) is 0 Å². The zero-order chi connectivity index (χ0) is 13.8. The summed E-state index contributed by atoms with van der Waals surface area (Å²) in [6, 6.07) is 4.64. The van der Waals surface area contributed by atoms with Crippen LogP contribution in [0.4, 0.5) is 4.39 Å². The Labute approximate surface area is 121 Å². The van der Waals surface area contributed by atoms with Gasteiger partial charge >= 0.3 is 0 Å². The highest BCUT2D eigenvalue weighted by atomic mass is 79.9. The number of carbonyl (C=O) groups is 1. The molecule has 0 saturated carbocycles. The second-order valence-corrected chi connectivity index (χ2v) is 5.79. The van der Waals surface area contributed by atoms with E-state index in [2.05, 4.69) is 21.2 Å². The zero-order valence-electron chi connectivity index (χ0n) is 11.0. The van der Waals surface area contributed by atoms with E-state index in [4.69, 9.17) is 0 Å². The van der Waals surface area contributed by atoms with Gasteiger partial charge in [-0.2, -0.15) is 0 Å². The van der Waals surface area contributed by atoms with Crippen molar-refractivity contribution < 1.29 is 9.18 Å². The van der Waals surface area contributed by atoms with Gasteiger partial charge in [0.25, 0.3) is 5.91 Å². The standard InChI is InChI=1S/C14H18BrFN2O/c1-18(11-3-2-7-17-8-6-11)14(19)12-9-10(15)4-5-13(12)16/h4-5,9,11,17H,2-3,6-8H2,1H3. The molecule has 1 aromatic carbocycles. The quantitative estimate of drug-likeness (QED) is 0.905. The van der Waals surface area contributed by atoms with Gasteiger partial charge in [0.2, 0.25) is 0 Å². The van der Waals surface area contributed by atoms with Gasteiger partial charge in [0, 0.05) is 17.6 Å². The van der Waals surface area contributed by atoms with Crippen LogP contribution >= 0.6 is 15.9 Å². The molecule has 0 radical (unpaired) electrons. The number of nitrogens with zero attached hydrogens (tertiary/aromatic N) is 1. The molecule has 1 unspecified atom stereocenters. The summed E-state index contributed by atoms with van der Waals surface area (Å²) < 4.78 is 14.5. The number of amides is 1. The molecule has 5 heteroatoms. The summed E-state index contributed by atoms with van der Waals surface area (Å²) in [5.74, 6) is -0.711. The highest BCUT2D eigenvalue weighted by Crippen LogP contribution is 2.20. The van der Waals surface area contributed by atoms with Crippen molar-refractivity contribution in [2.24, 2.45) is 0 Å². The smallest absolute Gasteiger partial charge is 0.256 e. The van der Waals surface area contributed by atoms with Crippen molar-refractivity contribution in [3.8, 4) is 0 Å². The highest BCUT2D eigenvalue weighted by molar-refractivity contribution is 9.10. The van der Waals surface area contributed by atoms with E-state index in [9.17, 15) is 9.18 Å². The summed E-state index contributed by atoms with van der Waals surface area (Å²) in [6.45, 7) is 1.90.